The molecule has 3 nitrogen and oxygen atoms in total. The summed E-state index contributed by atoms with van der Waals surface area (Å²) in [6.07, 6.45) is 0. The van der Waals surface area contributed by atoms with Crippen LogP contribution in [-0.4, -0.2) is 9.78 Å². The number of nitrogens with two attached hydrogens (primary N) is 1. The summed E-state index contributed by atoms with van der Waals surface area (Å²) in [7, 11) is 0. The highest BCUT2D eigenvalue weighted by molar-refractivity contribution is 6.31. The second kappa shape index (κ2) is 4.28. The van der Waals surface area contributed by atoms with Crippen molar-refractivity contribution in [3.8, 4) is 5.69 Å². The van der Waals surface area contributed by atoms with Gasteiger partial charge in [-0.05, 0) is 37.6 Å². The van der Waals surface area contributed by atoms with Crippen molar-refractivity contribution in [3.05, 3.63) is 46.2 Å². The summed E-state index contributed by atoms with van der Waals surface area (Å²) in [5, 5.41) is 5.19. The molecule has 0 fully saturated rings. The zero-order valence-electron chi connectivity index (χ0n) is 9.37. The molecule has 0 saturated heterocycles. The molecular formula is C12H14ClN3. The number of aromatic nitrogens is 2. The van der Waals surface area contributed by atoms with Crippen LogP contribution in [0.2, 0.25) is 5.02 Å². The molecule has 0 radical (unpaired) electrons. The van der Waals surface area contributed by atoms with Gasteiger partial charge in [-0.3, -0.25) is 0 Å². The van der Waals surface area contributed by atoms with Crippen LogP contribution in [0.5, 0.6) is 0 Å². The first-order valence-corrected chi connectivity index (χ1v) is 5.52. The third-order valence-electron chi connectivity index (χ3n) is 2.61. The Morgan fingerprint density at radius 3 is 2.75 bits per heavy atom. The molecule has 4 heteroatoms. The van der Waals surface area contributed by atoms with Gasteiger partial charge in [-0.25, -0.2) is 4.68 Å². The lowest BCUT2D eigenvalue weighted by Crippen LogP contribution is -2.03. The van der Waals surface area contributed by atoms with Crippen LogP contribution in [0.1, 0.15) is 17.0 Å². The van der Waals surface area contributed by atoms with E-state index < -0.39 is 0 Å². The Hall–Kier alpha value is -1.32. The van der Waals surface area contributed by atoms with Crippen LogP contribution in [0.25, 0.3) is 5.69 Å². The molecule has 0 aliphatic heterocycles. The molecule has 84 valence electrons. The van der Waals surface area contributed by atoms with Crippen LogP contribution in [0.4, 0.5) is 0 Å². The zero-order chi connectivity index (χ0) is 11.7. The average molecular weight is 236 g/mol. The Bertz CT molecular complexity index is 517. The predicted octanol–water partition coefficient (Wildman–Crippen LogP) is 2.60. The van der Waals surface area contributed by atoms with Crippen molar-refractivity contribution < 1.29 is 0 Å². The van der Waals surface area contributed by atoms with Crippen molar-refractivity contribution in [3.63, 3.8) is 0 Å². The van der Waals surface area contributed by atoms with E-state index in [1.807, 2.05) is 42.8 Å². The zero-order valence-corrected chi connectivity index (χ0v) is 10.1. The number of aryl methyl sites for hydroxylation is 1. The van der Waals surface area contributed by atoms with E-state index in [0.717, 1.165) is 27.7 Å². The first-order chi connectivity index (χ1) is 7.63. The van der Waals surface area contributed by atoms with Gasteiger partial charge in [-0.2, -0.15) is 5.10 Å². The highest BCUT2D eigenvalue weighted by atomic mass is 35.5. The Balaban J connectivity index is 2.58. The van der Waals surface area contributed by atoms with Gasteiger partial charge in [-0.15, -0.1) is 0 Å². The lowest BCUT2D eigenvalue weighted by atomic mass is 10.2. The summed E-state index contributed by atoms with van der Waals surface area (Å²) in [6, 6.07) is 7.79. The van der Waals surface area contributed by atoms with E-state index in [1.54, 1.807) is 0 Å². The molecule has 16 heavy (non-hydrogen) atoms. The van der Waals surface area contributed by atoms with Crippen molar-refractivity contribution in [2.24, 2.45) is 5.73 Å². The van der Waals surface area contributed by atoms with Gasteiger partial charge in [-0.1, -0.05) is 17.7 Å². The molecular weight excluding hydrogens is 222 g/mol. The van der Waals surface area contributed by atoms with Gasteiger partial charge in [0.2, 0.25) is 0 Å². The molecule has 1 heterocycles. The maximum atomic E-state index is 6.09. The highest BCUT2D eigenvalue weighted by Gasteiger charge is 2.09. The monoisotopic (exact) mass is 235 g/mol. The van der Waals surface area contributed by atoms with Gasteiger partial charge in [0.05, 0.1) is 11.4 Å². The van der Waals surface area contributed by atoms with E-state index in [4.69, 9.17) is 17.3 Å². The SMILES string of the molecule is Cc1c(Cl)cccc1-n1nc(CN)cc1C. The molecule has 0 spiro atoms. The van der Waals surface area contributed by atoms with Crippen LogP contribution in [0, 0.1) is 13.8 Å². The Labute approximate surface area is 99.8 Å². The lowest BCUT2D eigenvalue weighted by molar-refractivity contribution is 0.807. The van der Waals surface area contributed by atoms with Gasteiger partial charge in [0.15, 0.2) is 0 Å². The lowest BCUT2D eigenvalue weighted by Gasteiger charge is -2.09. The van der Waals surface area contributed by atoms with Crippen LogP contribution in [0.3, 0.4) is 0 Å². The third-order valence-corrected chi connectivity index (χ3v) is 3.02. The normalized spacial score (nSPS) is 10.8. The quantitative estimate of drug-likeness (QED) is 0.870. The molecule has 0 saturated carbocycles. The van der Waals surface area contributed by atoms with E-state index in [0.29, 0.717) is 6.54 Å². The summed E-state index contributed by atoms with van der Waals surface area (Å²) in [5.74, 6) is 0. The van der Waals surface area contributed by atoms with Crippen molar-refractivity contribution in [2.45, 2.75) is 20.4 Å². The molecule has 1 aromatic carbocycles. The van der Waals surface area contributed by atoms with Gasteiger partial charge in [0.1, 0.15) is 0 Å². The predicted molar refractivity (Wildman–Crippen MR) is 65.9 cm³/mol. The Kier molecular flexibility index (Phi) is 2.99. The summed E-state index contributed by atoms with van der Waals surface area (Å²) in [6.45, 7) is 4.45. The van der Waals surface area contributed by atoms with Crippen molar-refractivity contribution in [1.29, 1.82) is 0 Å². The smallest absolute Gasteiger partial charge is 0.0767 e. The molecule has 2 N–H and O–H groups in total. The van der Waals surface area contributed by atoms with E-state index >= 15 is 0 Å². The van der Waals surface area contributed by atoms with E-state index in [9.17, 15) is 0 Å². The molecule has 0 aliphatic carbocycles. The number of hydrogen-bond acceptors (Lipinski definition) is 2. The van der Waals surface area contributed by atoms with Crippen molar-refractivity contribution in [1.82, 2.24) is 9.78 Å². The average Bonchev–Trinajstić information content (AvgIpc) is 2.64. The Morgan fingerprint density at radius 1 is 1.38 bits per heavy atom. The second-order valence-corrected chi connectivity index (χ2v) is 4.18. The van der Waals surface area contributed by atoms with Gasteiger partial charge in [0.25, 0.3) is 0 Å². The molecule has 0 atom stereocenters. The van der Waals surface area contributed by atoms with Crippen LogP contribution in [-0.2, 0) is 6.54 Å². The molecule has 2 aromatic rings. The minimum absolute atomic E-state index is 0.452. The summed E-state index contributed by atoms with van der Waals surface area (Å²) >= 11 is 6.09. The van der Waals surface area contributed by atoms with Crippen LogP contribution < -0.4 is 5.73 Å². The maximum absolute atomic E-state index is 6.09. The van der Waals surface area contributed by atoms with Gasteiger partial charge >= 0.3 is 0 Å². The maximum Gasteiger partial charge on any atom is 0.0767 e. The number of rotatable bonds is 2. The number of hydrogen-bond donors (Lipinski definition) is 1. The first kappa shape index (κ1) is 11.2. The van der Waals surface area contributed by atoms with Gasteiger partial charge in [0, 0.05) is 17.3 Å². The topological polar surface area (TPSA) is 43.8 Å². The summed E-state index contributed by atoms with van der Waals surface area (Å²) in [4.78, 5) is 0. The first-order valence-electron chi connectivity index (χ1n) is 5.14. The Morgan fingerprint density at radius 2 is 2.12 bits per heavy atom. The fourth-order valence-corrected chi connectivity index (χ4v) is 1.88. The number of halogens is 1. The fraction of sp³-hybridized carbons (Fsp3) is 0.250. The minimum Gasteiger partial charge on any atom is -0.325 e. The van der Waals surface area contributed by atoms with E-state index in [2.05, 4.69) is 5.10 Å². The highest BCUT2D eigenvalue weighted by Crippen LogP contribution is 2.23. The number of benzene rings is 1. The van der Waals surface area contributed by atoms with Crippen LogP contribution >= 0.6 is 11.6 Å². The minimum atomic E-state index is 0.452. The molecule has 2 rings (SSSR count). The van der Waals surface area contributed by atoms with Crippen LogP contribution in [0.15, 0.2) is 24.3 Å². The van der Waals surface area contributed by atoms with Gasteiger partial charge < -0.3 is 5.73 Å². The standard InChI is InChI=1S/C12H14ClN3/c1-8-6-10(7-14)15-16(8)12-5-3-4-11(13)9(12)2/h3-6H,7,14H2,1-2H3. The molecule has 0 aliphatic rings. The fourth-order valence-electron chi connectivity index (χ4n) is 1.71. The molecule has 0 unspecified atom stereocenters. The number of nitrogens with zero attached hydrogens (tertiary/aromatic N) is 2. The van der Waals surface area contributed by atoms with E-state index in [-0.39, 0.29) is 0 Å². The molecule has 0 bridgehead atoms. The van der Waals surface area contributed by atoms with E-state index in [1.165, 1.54) is 0 Å². The third kappa shape index (κ3) is 1.84. The van der Waals surface area contributed by atoms with Crippen molar-refractivity contribution in [2.75, 3.05) is 0 Å². The molecule has 1 aromatic heterocycles. The van der Waals surface area contributed by atoms with Crippen molar-refractivity contribution >= 4 is 11.6 Å². The molecule has 0 amide bonds. The second-order valence-electron chi connectivity index (χ2n) is 3.78. The summed E-state index contributed by atoms with van der Waals surface area (Å²) < 4.78 is 1.88. The summed E-state index contributed by atoms with van der Waals surface area (Å²) in [5.41, 5.74) is 9.55. The largest absolute Gasteiger partial charge is 0.325 e.